The molecule has 8 heteroatoms. The van der Waals surface area contributed by atoms with Gasteiger partial charge in [0.25, 0.3) is 5.91 Å². The van der Waals surface area contributed by atoms with Crippen molar-refractivity contribution in [3.8, 4) is 0 Å². The molecule has 0 aliphatic carbocycles. The lowest BCUT2D eigenvalue weighted by atomic mass is 9.94. The minimum absolute atomic E-state index is 0.181. The molecule has 2 N–H and O–H groups in total. The first kappa shape index (κ1) is 22.1. The normalized spacial score (nSPS) is 17.0. The van der Waals surface area contributed by atoms with Crippen LogP contribution in [0.1, 0.15) is 50.7 Å². The van der Waals surface area contributed by atoms with Crippen LogP contribution in [-0.2, 0) is 14.4 Å². The zero-order valence-electron chi connectivity index (χ0n) is 15.9. The third-order valence-electron chi connectivity index (χ3n) is 4.56. The molecule has 1 aromatic carbocycles. The molecular formula is C20H23NO5S2. The zero-order valence-corrected chi connectivity index (χ0v) is 17.5. The Hall–Kier alpha value is -2.19. The number of carbonyl (C=O) groups is 3. The van der Waals surface area contributed by atoms with Crippen LogP contribution in [0.25, 0.3) is 6.08 Å². The van der Waals surface area contributed by atoms with Gasteiger partial charge in [-0.3, -0.25) is 19.3 Å². The number of hydrogen-bond donors (Lipinski definition) is 2. The molecule has 1 unspecified atom stereocenters. The molecule has 1 heterocycles. The lowest BCUT2D eigenvalue weighted by molar-refractivity contribution is -0.157. The van der Waals surface area contributed by atoms with Crippen molar-refractivity contribution in [2.75, 3.05) is 0 Å². The van der Waals surface area contributed by atoms with E-state index in [1.807, 2.05) is 24.3 Å². The fourth-order valence-corrected chi connectivity index (χ4v) is 4.44. The molecule has 0 radical (unpaired) electrons. The Morgan fingerprint density at radius 3 is 2.21 bits per heavy atom. The second-order valence-corrected chi connectivity index (χ2v) is 8.56. The summed E-state index contributed by atoms with van der Waals surface area (Å²) in [6, 6.07) is 6.76. The summed E-state index contributed by atoms with van der Waals surface area (Å²) in [5, 5.41) is 18.7. The lowest BCUT2D eigenvalue weighted by Gasteiger charge is -2.29. The molecule has 1 aromatic rings. The van der Waals surface area contributed by atoms with Crippen LogP contribution in [-0.4, -0.2) is 43.3 Å². The first-order valence-corrected chi connectivity index (χ1v) is 10.2. The van der Waals surface area contributed by atoms with Crippen LogP contribution in [0, 0.1) is 5.92 Å². The van der Waals surface area contributed by atoms with E-state index in [2.05, 4.69) is 13.8 Å². The summed E-state index contributed by atoms with van der Waals surface area (Å²) in [6.07, 6.45) is 2.45. The summed E-state index contributed by atoms with van der Waals surface area (Å²) in [5.74, 6) is -4.74. The van der Waals surface area contributed by atoms with Gasteiger partial charge < -0.3 is 10.2 Å². The summed E-state index contributed by atoms with van der Waals surface area (Å²) in [6.45, 7) is 5.99. The van der Waals surface area contributed by atoms with Crippen LogP contribution in [0.4, 0.5) is 0 Å². The average Bonchev–Trinajstić information content (AvgIpc) is 2.88. The standard InChI is InChI=1S/C20H23NO5S2/c1-4-5-14(16(18(23)24)19(25)26)21-17(22)15(28-20(21)27)10-12-6-8-13(9-7-12)11(2)3/h6-11,14,16H,4-5H2,1-3H3,(H,23,24)(H,25,26). The summed E-state index contributed by atoms with van der Waals surface area (Å²) >= 11 is 6.36. The van der Waals surface area contributed by atoms with Crippen molar-refractivity contribution >= 4 is 52.2 Å². The van der Waals surface area contributed by atoms with Crippen molar-refractivity contribution < 1.29 is 24.6 Å². The number of carboxylic acids is 2. The molecule has 150 valence electrons. The van der Waals surface area contributed by atoms with Crippen molar-refractivity contribution in [2.24, 2.45) is 5.92 Å². The fourth-order valence-electron chi connectivity index (χ4n) is 3.07. The molecule has 1 saturated heterocycles. The molecule has 0 aromatic heterocycles. The van der Waals surface area contributed by atoms with E-state index >= 15 is 0 Å². The highest BCUT2D eigenvalue weighted by atomic mass is 32.2. The molecular weight excluding hydrogens is 398 g/mol. The Bertz CT molecular complexity index is 802. The van der Waals surface area contributed by atoms with Gasteiger partial charge in [-0.2, -0.15) is 0 Å². The number of rotatable bonds is 8. The summed E-state index contributed by atoms with van der Waals surface area (Å²) in [4.78, 5) is 37.4. The van der Waals surface area contributed by atoms with Gasteiger partial charge in [-0.25, -0.2) is 0 Å². The summed E-state index contributed by atoms with van der Waals surface area (Å²) in [7, 11) is 0. The van der Waals surface area contributed by atoms with E-state index in [0.29, 0.717) is 17.2 Å². The molecule has 0 saturated carbocycles. The fraction of sp³-hybridized carbons (Fsp3) is 0.400. The maximum Gasteiger partial charge on any atom is 0.320 e. The van der Waals surface area contributed by atoms with Gasteiger partial charge in [-0.05, 0) is 29.5 Å². The van der Waals surface area contributed by atoms with Crippen molar-refractivity contribution in [1.29, 1.82) is 0 Å². The highest BCUT2D eigenvalue weighted by molar-refractivity contribution is 8.26. The van der Waals surface area contributed by atoms with E-state index in [9.17, 15) is 24.6 Å². The van der Waals surface area contributed by atoms with Crippen LogP contribution in [0.2, 0.25) is 0 Å². The van der Waals surface area contributed by atoms with Crippen molar-refractivity contribution in [3.63, 3.8) is 0 Å². The third kappa shape index (κ3) is 4.80. The Morgan fingerprint density at radius 1 is 1.18 bits per heavy atom. The third-order valence-corrected chi connectivity index (χ3v) is 5.89. The molecule has 28 heavy (non-hydrogen) atoms. The number of amides is 1. The number of nitrogens with zero attached hydrogens (tertiary/aromatic N) is 1. The summed E-state index contributed by atoms with van der Waals surface area (Å²) in [5.41, 5.74) is 2.00. The van der Waals surface area contributed by atoms with Gasteiger partial charge >= 0.3 is 11.9 Å². The van der Waals surface area contributed by atoms with E-state index in [0.717, 1.165) is 22.2 Å². The number of thiocarbonyl (C=S) groups is 1. The van der Waals surface area contributed by atoms with Gasteiger partial charge in [0, 0.05) is 0 Å². The SMILES string of the molecule is CCCC(C(C(=O)O)C(=O)O)N1C(=O)C(=Cc2ccc(C(C)C)cc2)SC1=S. The molecule has 0 spiro atoms. The van der Waals surface area contributed by atoms with Gasteiger partial charge in [0.05, 0.1) is 10.9 Å². The predicted octanol–water partition coefficient (Wildman–Crippen LogP) is 3.97. The van der Waals surface area contributed by atoms with Crippen LogP contribution < -0.4 is 0 Å². The molecule has 1 fully saturated rings. The van der Waals surface area contributed by atoms with Gasteiger partial charge in [0.2, 0.25) is 0 Å². The van der Waals surface area contributed by atoms with E-state index in [1.54, 1.807) is 13.0 Å². The molecule has 6 nitrogen and oxygen atoms in total. The largest absolute Gasteiger partial charge is 0.481 e. The topological polar surface area (TPSA) is 94.9 Å². The summed E-state index contributed by atoms with van der Waals surface area (Å²) < 4.78 is 0.181. The Morgan fingerprint density at radius 2 is 1.75 bits per heavy atom. The predicted molar refractivity (Wildman–Crippen MR) is 113 cm³/mol. The van der Waals surface area contributed by atoms with Crippen LogP contribution in [0.3, 0.4) is 0 Å². The minimum Gasteiger partial charge on any atom is -0.481 e. The van der Waals surface area contributed by atoms with Crippen molar-refractivity contribution in [2.45, 2.75) is 45.6 Å². The molecule has 0 bridgehead atoms. The monoisotopic (exact) mass is 421 g/mol. The highest BCUT2D eigenvalue weighted by Gasteiger charge is 2.45. The smallest absolute Gasteiger partial charge is 0.320 e. The van der Waals surface area contributed by atoms with Crippen molar-refractivity contribution in [3.05, 3.63) is 40.3 Å². The van der Waals surface area contributed by atoms with E-state index in [4.69, 9.17) is 12.2 Å². The molecule has 1 amide bonds. The number of carbonyl (C=O) groups excluding carboxylic acids is 1. The van der Waals surface area contributed by atoms with Gasteiger partial charge in [-0.15, -0.1) is 0 Å². The molecule has 1 aliphatic heterocycles. The minimum atomic E-state index is -1.73. The first-order valence-electron chi connectivity index (χ1n) is 9.00. The number of benzene rings is 1. The van der Waals surface area contributed by atoms with E-state index in [-0.39, 0.29) is 10.7 Å². The number of aliphatic carboxylic acids is 2. The quantitative estimate of drug-likeness (QED) is 0.373. The number of thioether (sulfide) groups is 1. The Labute approximate surface area is 173 Å². The molecule has 1 aliphatic rings. The van der Waals surface area contributed by atoms with E-state index < -0.39 is 29.8 Å². The second kappa shape index (κ2) is 9.34. The highest BCUT2D eigenvalue weighted by Crippen LogP contribution is 2.36. The lowest BCUT2D eigenvalue weighted by Crippen LogP contribution is -2.48. The van der Waals surface area contributed by atoms with Gasteiger partial charge in [0.15, 0.2) is 5.92 Å². The van der Waals surface area contributed by atoms with Crippen LogP contribution >= 0.6 is 24.0 Å². The van der Waals surface area contributed by atoms with Crippen LogP contribution in [0.15, 0.2) is 29.2 Å². The molecule has 1 atom stereocenters. The zero-order chi connectivity index (χ0) is 21.0. The first-order chi connectivity index (χ1) is 13.2. The maximum absolute atomic E-state index is 12.9. The van der Waals surface area contributed by atoms with Gasteiger partial charge in [-0.1, -0.05) is 75.4 Å². The van der Waals surface area contributed by atoms with Crippen molar-refractivity contribution in [1.82, 2.24) is 4.90 Å². The number of carboxylic acid groups (broad SMARTS) is 2. The van der Waals surface area contributed by atoms with Crippen LogP contribution in [0.5, 0.6) is 0 Å². The maximum atomic E-state index is 12.9. The Kier molecular flexibility index (Phi) is 7.37. The average molecular weight is 422 g/mol. The van der Waals surface area contributed by atoms with E-state index in [1.165, 1.54) is 5.56 Å². The Balaban J connectivity index is 2.34. The van der Waals surface area contributed by atoms with Gasteiger partial charge in [0.1, 0.15) is 4.32 Å². The number of hydrogen-bond acceptors (Lipinski definition) is 5. The molecule has 2 rings (SSSR count). The second-order valence-electron chi connectivity index (χ2n) is 6.88.